The number of carbonyl (C=O) groups is 1. The molecule has 3 rings (SSSR count). The number of fused-ring (bicyclic) bond motifs is 1. The first-order chi connectivity index (χ1) is 13.3. The minimum atomic E-state index is -3.71. The summed E-state index contributed by atoms with van der Waals surface area (Å²) >= 11 is 0. The quantitative estimate of drug-likeness (QED) is 0.437. The van der Waals surface area contributed by atoms with Crippen molar-refractivity contribution >= 4 is 32.4 Å². The van der Waals surface area contributed by atoms with Gasteiger partial charge in [-0.1, -0.05) is 30.3 Å². The Labute approximate surface area is 163 Å². The van der Waals surface area contributed by atoms with E-state index in [9.17, 15) is 13.2 Å². The van der Waals surface area contributed by atoms with E-state index in [2.05, 4.69) is 4.72 Å². The van der Waals surface area contributed by atoms with Crippen LogP contribution in [0, 0.1) is 0 Å². The van der Waals surface area contributed by atoms with Gasteiger partial charge >= 0.3 is 0 Å². The minimum Gasteiger partial charge on any atom is -0.377 e. The Hall–Kier alpha value is -2.94. The summed E-state index contributed by atoms with van der Waals surface area (Å²) in [6, 6.07) is 17.1. The predicted octanol–water partition coefficient (Wildman–Crippen LogP) is 2.50. The normalized spacial score (nSPS) is 11.4. The molecule has 28 heavy (non-hydrogen) atoms. The van der Waals surface area contributed by atoms with Gasteiger partial charge in [-0.15, -0.1) is 0 Å². The lowest BCUT2D eigenvalue weighted by Crippen LogP contribution is -2.23. The lowest BCUT2D eigenvalue weighted by Gasteiger charge is -2.16. The van der Waals surface area contributed by atoms with Gasteiger partial charge < -0.3 is 4.90 Å². The summed E-state index contributed by atoms with van der Waals surface area (Å²) in [5, 5.41) is 10.4. The summed E-state index contributed by atoms with van der Waals surface area (Å²) in [7, 11) is 0.112. The van der Waals surface area contributed by atoms with E-state index >= 15 is 0 Å². The third kappa shape index (κ3) is 4.14. The van der Waals surface area contributed by atoms with Gasteiger partial charge in [-0.25, -0.2) is 18.6 Å². The van der Waals surface area contributed by atoms with Gasteiger partial charge in [-0.05, 0) is 41.3 Å². The molecule has 0 spiro atoms. The summed E-state index contributed by atoms with van der Waals surface area (Å²) in [5.41, 5.74) is 3.45. The van der Waals surface area contributed by atoms with Gasteiger partial charge in [0, 0.05) is 37.3 Å². The maximum atomic E-state index is 12.7. The van der Waals surface area contributed by atoms with E-state index in [1.807, 2.05) is 37.2 Å². The zero-order valence-corrected chi connectivity index (χ0v) is 16.3. The van der Waals surface area contributed by atoms with Crippen molar-refractivity contribution in [2.75, 3.05) is 19.0 Å². The molecule has 0 fully saturated rings. The van der Waals surface area contributed by atoms with Crippen molar-refractivity contribution in [3.05, 3.63) is 71.8 Å². The molecule has 3 aromatic rings. The highest BCUT2D eigenvalue weighted by atomic mass is 32.2. The fourth-order valence-corrected chi connectivity index (χ4v) is 3.94. The first-order valence-electron chi connectivity index (χ1n) is 8.55. The number of hydrogen-bond acceptors (Lipinski definition) is 5. The maximum absolute atomic E-state index is 12.7. The van der Waals surface area contributed by atoms with Crippen LogP contribution in [0.2, 0.25) is 0 Å². The first kappa shape index (κ1) is 19.8. The predicted molar refractivity (Wildman–Crippen MR) is 108 cm³/mol. The van der Waals surface area contributed by atoms with E-state index in [1.165, 1.54) is 12.1 Å². The Bertz CT molecular complexity index is 1110. The highest BCUT2D eigenvalue weighted by molar-refractivity contribution is 7.89. The molecular weight excluding hydrogens is 378 g/mol. The van der Waals surface area contributed by atoms with E-state index in [1.54, 1.807) is 35.8 Å². The third-order valence-electron chi connectivity index (χ3n) is 4.41. The maximum Gasteiger partial charge on any atom is 0.274 e. The number of benzene rings is 3. The fraction of sp³-hybridized carbons (Fsp3) is 0.150. The molecule has 3 N–H and O–H groups in total. The SMILES string of the molecule is CN(C)c1cccc2ccc(S(=O)(=O)NCc3ccc(C(=O)NO)cc3)cc12. The number of hydrogen-bond donors (Lipinski definition) is 3. The molecule has 0 heterocycles. The summed E-state index contributed by atoms with van der Waals surface area (Å²) in [6.45, 7) is 0.0801. The Morgan fingerprint density at radius 2 is 1.75 bits per heavy atom. The van der Waals surface area contributed by atoms with Gasteiger partial charge in [0.15, 0.2) is 0 Å². The summed E-state index contributed by atoms with van der Waals surface area (Å²) < 4.78 is 28.0. The van der Waals surface area contributed by atoms with Gasteiger partial charge in [0.05, 0.1) is 4.90 Å². The average Bonchev–Trinajstić information content (AvgIpc) is 2.71. The van der Waals surface area contributed by atoms with Gasteiger partial charge in [0.25, 0.3) is 5.91 Å². The zero-order chi connectivity index (χ0) is 20.3. The molecule has 1 amide bonds. The average molecular weight is 399 g/mol. The van der Waals surface area contributed by atoms with Crippen molar-refractivity contribution in [1.29, 1.82) is 0 Å². The number of nitrogens with one attached hydrogen (secondary N) is 2. The zero-order valence-electron chi connectivity index (χ0n) is 15.5. The largest absolute Gasteiger partial charge is 0.377 e. The van der Waals surface area contributed by atoms with Gasteiger partial charge in [-0.2, -0.15) is 0 Å². The molecule has 0 atom stereocenters. The Kier molecular flexibility index (Phi) is 5.64. The van der Waals surface area contributed by atoms with Crippen LogP contribution in [0.4, 0.5) is 5.69 Å². The molecule has 0 radical (unpaired) electrons. The molecule has 0 aliphatic heterocycles. The highest BCUT2D eigenvalue weighted by Crippen LogP contribution is 2.28. The highest BCUT2D eigenvalue weighted by Gasteiger charge is 2.16. The van der Waals surface area contributed by atoms with Crippen molar-refractivity contribution in [2.45, 2.75) is 11.4 Å². The van der Waals surface area contributed by atoms with Crippen LogP contribution in [0.15, 0.2) is 65.6 Å². The summed E-state index contributed by atoms with van der Waals surface area (Å²) in [6.07, 6.45) is 0. The van der Waals surface area contributed by atoms with Crippen LogP contribution in [0.25, 0.3) is 10.8 Å². The topological polar surface area (TPSA) is 98.7 Å². The molecule has 0 aromatic heterocycles. The Morgan fingerprint density at radius 1 is 1.04 bits per heavy atom. The van der Waals surface area contributed by atoms with Crippen LogP contribution in [0.5, 0.6) is 0 Å². The Morgan fingerprint density at radius 3 is 2.39 bits per heavy atom. The van der Waals surface area contributed by atoms with Crippen LogP contribution >= 0.6 is 0 Å². The van der Waals surface area contributed by atoms with Crippen molar-refractivity contribution in [2.24, 2.45) is 0 Å². The summed E-state index contributed by atoms with van der Waals surface area (Å²) in [4.78, 5) is 13.5. The third-order valence-corrected chi connectivity index (χ3v) is 5.81. The number of nitrogens with zero attached hydrogens (tertiary/aromatic N) is 1. The van der Waals surface area contributed by atoms with Crippen LogP contribution < -0.4 is 15.1 Å². The molecule has 0 saturated heterocycles. The van der Waals surface area contributed by atoms with Gasteiger partial charge in [0.2, 0.25) is 10.0 Å². The molecule has 0 saturated carbocycles. The minimum absolute atomic E-state index is 0.0801. The van der Waals surface area contributed by atoms with Gasteiger partial charge in [-0.3, -0.25) is 10.0 Å². The lowest BCUT2D eigenvalue weighted by atomic mass is 10.1. The second kappa shape index (κ2) is 7.97. The lowest BCUT2D eigenvalue weighted by molar-refractivity contribution is 0.0706. The van der Waals surface area contributed by atoms with E-state index in [-0.39, 0.29) is 17.0 Å². The molecular formula is C20H21N3O4S. The molecule has 0 aliphatic rings. The van der Waals surface area contributed by atoms with Crippen molar-refractivity contribution < 1.29 is 18.4 Å². The van der Waals surface area contributed by atoms with Crippen LogP contribution in [-0.4, -0.2) is 33.6 Å². The van der Waals surface area contributed by atoms with E-state index in [0.29, 0.717) is 5.56 Å². The first-order valence-corrected chi connectivity index (χ1v) is 10.0. The monoisotopic (exact) mass is 399 g/mol. The number of rotatable bonds is 6. The molecule has 7 nitrogen and oxygen atoms in total. The van der Waals surface area contributed by atoms with E-state index in [4.69, 9.17) is 5.21 Å². The molecule has 146 valence electrons. The number of carbonyl (C=O) groups excluding carboxylic acids is 1. The van der Waals surface area contributed by atoms with Crippen LogP contribution in [0.3, 0.4) is 0 Å². The van der Waals surface area contributed by atoms with Crippen LogP contribution in [0.1, 0.15) is 15.9 Å². The van der Waals surface area contributed by atoms with Crippen molar-refractivity contribution in [1.82, 2.24) is 10.2 Å². The Balaban J connectivity index is 1.83. The van der Waals surface area contributed by atoms with E-state index < -0.39 is 15.9 Å². The van der Waals surface area contributed by atoms with Crippen molar-refractivity contribution in [3.63, 3.8) is 0 Å². The second-order valence-corrected chi connectivity index (χ2v) is 8.28. The molecule has 8 heteroatoms. The van der Waals surface area contributed by atoms with E-state index in [0.717, 1.165) is 16.5 Å². The van der Waals surface area contributed by atoms with Crippen molar-refractivity contribution in [3.8, 4) is 0 Å². The van der Waals surface area contributed by atoms with Crippen LogP contribution in [-0.2, 0) is 16.6 Å². The van der Waals surface area contributed by atoms with Gasteiger partial charge in [0.1, 0.15) is 0 Å². The number of amides is 1. The number of sulfonamides is 1. The fourth-order valence-electron chi connectivity index (χ4n) is 2.89. The number of anilines is 1. The second-order valence-electron chi connectivity index (χ2n) is 6.52. The summed E-state index contributed by atoms with van der Waals surface area (Å²) in [5.74, 6) is -0.625. The smallest absolute Gasteiger partial charge is 0.274 e. The molecule has 0 unspecified atom stereocenters. The molecule has 0 aliphatic carbocycles. The molecule has 0 bridgehead atoms. The molecule has 3 aromatic carbocycles. The number of hydroxylamine groups is 1. The standard InChI is InChI=1S/C20H21N3O4S/c1-23(2)19-5-3-4-15-10-11-17(12-18(15)19)28(26,27)21-13-14-6-8-16(9-7-14)20(24)22-25/h3-12,21,25H,13H2,1-2H3,(H,22,24).